The lowest BCUT2D eigenvalue weighted by molar-refractivity contribution is -0.137. The molecule has 9 heteroatoms. The number of aliphatic carboxylic acids is 1. The van der Waals surface area contributed by atoms with Crippen molar-refractivity contribution in [2.45, 2.75) is 18.2 Å². The smallest absolute Gasteiger partial charge is 0.305 e. The Hall–Kier alpha value is -1.87. The average Bonchev–Trinajstić information content (AvgIpc) is 2.77. The highest BCUT2D eigenvalue weighted by atomic mass is 32.2. The number of carboxylic acids is 1. The number of carboxylic acid groups (broad SMARTS) is 1. The average molecular weight is 318 g/mol. The number of hydrogen-bond acceptors (Lipinski definition) is 5. The zero-order valence-corrected chi connectivity index (χ0v) is 13.1. The number of aryl methyl sites for hydroxylation is 1. The van der Waals surface area contributed by atoms with Gasteiger partial charge in [-0.25, -0.2) is 12.7 Å². The third-order valence-electron chi connectivity index (χ3n) is 2.85. The van der Waals surface area contributed by atoms with Gasteiger partial charge in [0, 0.05) is 33.8 Å². The van der Waals surface area contributed by atoms with Crippen LogP contribution in [0.3, 0.4) is 0 Å². The van der Waals surface area contributed by atoms with E-state index in [1.165, 1.54) is 33.0 Å². The monoisotopic (exact) mass is 318 g/mol. The molecule has 0 saturated carbocycles. The van der Waals surface area contributed by atoms with Crippen LogP contribution >= 0.6 is 0 Å². The van der Waals surface area contributed by atoms with Gasteiger partial charge in [0.05, 0.1) is 6.42 Å². The van der Waals surface area contributed by atoms with E-state index in [9.17, 15) is 18.0 Å². The maximum absolute atomic E-state index is 12.1. The molecule has 1 amide bonds. The molecule has 0 aliphatic carbocycles. The Morgan fingerprint density at radius 2 is 1.86 bits per heavy atom. The number of carbonyl (C=O) groups excluding carboxylic acids is 1. The van der Waals surface area contributed by atoms with E-state index in [0.717, 1.165) is 10.4 Å². The van der Waals surface area contributed by atoms with Gasteiger partial charge < -0.3 is 14.4 Å². The first kappa shape index (κ1) is 17.2. The van der Waals surface area contributed by atoms with Crippen molar-refractivity contribution < 1.29 is 27.5 Å². The molecule has 0 unspecified atom stereocenters. The van der Waals surface area contributed by atoms with Gasteiger partial charge in [-0.15, -0.1) is 0 Å². The summed E-state index contributed by atoms with van der Waals surface area (Å²) in [5.41, 5.74) is 0. The van der Waals surface area contributed by atoms with Crippen LogP contribution in [0.15, 0.2) is 15.4 Å². The highest BCUT2D eigenvalue weighted by Crippen LogP contribution is 2.23. The quantitative estimate of drug-likeness (QED) is 0.812. The zero-order valence-electron chi connectivity index (χ0n) is 12.3. The molecule has 0 bridgehead atoms. The zero-order chi connectivity index (χ0) is 16.4. The van der Waals surface area contributed by atoms with E-state index < -0.39 is 21.9 Å². The van der Waals surface area contributed by atoms with Gasteiger partial charge in [0.1, 0.15) is 10.7 Å². The summed E-state index contributed by atoms with van der Waals surface area (Å²) in [7, 11) is 0.477. The lowest BCUT2D eigenvalue weighted by atomic mass is 10.3. The summed E-state index contributed by atoms with van der Waals surface area (Å²) in [6, 6.07) is 1.16. The van der Waals surface area contributed by atoms with Gasteiger partial charge in [0.25, 0.3) is 5.91 Å². The lowest BCUT2D eigenvalue weighted by Gasteiger charge is -2.13. The molecule has 1 heterocycles. The van der Waals surface area contributed by atoms with E-state index in [0.29, 0.717) is 0 Å². The molecule has 21 heavy (non-hydrogen) atoms. The second-order valence-corrected chi connectivity index (χ2v) is 6.81. The summed E-state index contributed by atoms with van der Waals surface area (Å²) in [5, 5.41) is 8.58. The standard InChI is InChI=1S/C12H18N2O6S/c1-8-10(21(18,19)13(2)3)7-9(20-8)12(17)14(4)6-5-11(15)16/h7H,5-6H2,1-4H3,(H,15,16). The van der Waals surface area contributed by atoms with Crippen LogP contribution in [0, 0.1) is 6.92 Å². The maximum Gasteiger partial charge on any atom is 0.305 e. The molecule has 1 rings (SSSR count). The van der Waals surface area contributed by atoms with Crippen molar-refractivity contribution in [3.63, 3.8) is 0 Å². The van der Waals surface area contributed by atoms with Gasteiger partial charge in [-0.3, -0.25) is 9.59 Å². The normalized spacial score (nSPS) is 11.7. The minimum Gasteiger partial charge on any atom is -0.481 e. The molecule has 0 spiro atoms. The van der Waals surface area contributed by atoms with Crippen molar-refractivity contribution in [1.82, 2.24) is 9.21 Å². The SMILES string of the molecule is Cc1oc(C(=O)N(C)CCC(=O)O)cc1S(=O)(=O)N(C)C. The summed E-state index contributed by atoms with van der Waals surface area (Å²) in [6.07, 6.45) is -0.204. The number of rotatable bonds is 6. The van der Waals surface area contributed by atoms with Crippen LogP contribution in [0.5, 0.6) is 0 Å². The summed E-state index contributed by atoms with van der Waals surface area (Å²) >= 11 is 0. The molecule has 0 radical (unpaired) electrons. The largest absolute Gasteiger partial charge is 0.481 e. The predicted octanol–water partition coefficient (Wildman–Crippen LogP) is 0.385. The Kier molecular flexibility index (Phi) is 5.13. The summed E-state index contributed by atoms with van der Waals surface area (Å²) < 4.78 is 30.3. The first-order chi connectivity index (χ1) is 9.57. The van der Waals surface area contributed by atoms with Crippen LogP contribution in [0.25, 0.3) is 0 Å². The fourth-order valence-corrected chi connectivity index (χ4v) is 2.63. The maximum atomic E-state index is 12.1. The third-order valence-corrected chi connectivity index (χ3v) is 4.77. The Balaban J connectivity index is 3.02. The second kappa shape index (κ2) is 6.27. The molecule has 1 aromatic heterocycles. The molecule has 1 N–H and O–H groups in total. The minimum atomic E-state index is -3.70. The summed E-state index contributed by atoms with van der Waals surface area (Å²) in [4.78, 5) is 23.6. The van der Waals surface area contributed by atoms with E-state index in [4.69, 9.17) is 9.52 Å². The van der Waals surface area contributed by atoms with Crippen molar-refractivity contribution in [1.29, 1.82) is 0 Å². The van der Waals surface area contributed by atoms with Crippen molar-refractivity contribution in [3.8, 4) is 0 Å². The van der Waals surface area contributed by atoms with Gasteiger partial charge >= 0.3 is 5.97 Å². The molecule has 1 aromatic rings. The number of nitrogens with zero attached hydrogens (tertiary/aromatic N) is 2. The molecule has 0 aliphatic rings. The van der Waals surface area contributed by atoms with Crippen LogP contribution in [-0.2, 0) is 14.8 Å². The molecule has 0 fully saturated rings. The number of furan rings is 1. The molecule has 8 nitrogen and oxygen atoms in total. The minimum absolute atomic E-state index is 0.00365. The fraction of sp³-hybridized carbons (Fsp3) is 0.500. The van der Waals surface area contributed by atoms with Crippen molar-refractivity contribution in [2.75, 3.05) is 27.7 Å². The lowest BCUT2D eigenvalue weighted by Crippen LogP contribution is -2.28. The van der Waals surface area contributed by atoms with Gasteiger partial charge in [-0.1, -0.05) is 0 Å². The number of sulfonamides is 1. The van der Waals surface area contributed by atoms with Crippen LogP contribution in [0.4, 0.5) is 0 Å². The number of amides is 1. The number of carbonyl (C=O) groups is 2. The Labute approximate surface area is 123 Å². The van der Waals surface area contributed by atoms with Gasteiger partial charge in [-0.2, -0.15) is 0 Å². The van der Waals surface area contributed by atoms with Crippen LogP contribution in [0.2, 0.25) is 0 Å². The summed E-state index contributed by atoms with van der Waals surface area (Å²) in [6.45, 7) is 1.45. The van der Waals surface area contributed by atoms with Gasteiger partial charge in [0.2, 0.25) is 10.0 Å². The highest BCUT2D eigenvalue weighted by Gasteiger charge is 2.27. The molecule has 0 saturated heterocycles. The second-order valence-electron chi connectivity index (χ2n) is 4.69. The summed E-state index contributed by atoms with van der Waals surface area (Å²) in [5.74, 6) is -1.62. The molecule has 0 aromatic carbocycles. The molecule has 0 atom stereocenters. The van der Waals surface area contributed by atoms with E-state index in [1.54, 1.807) is 0 Å². The van der Waals surface area contributed by atoms with Crippen LogP contribution in [-0.4, -0.2) is 62.3 Å². The fourth-order valence-electron chi connectivity index (χ4n) is 1.58. The van der Waals surface area contributed by atoms with Crippen molar-refractivity contribution in [2.24, 2.45) is 0 Å². The topological polar surface area (TPSA) is 108 Å². The van der Waals surface area contributed by atoms with E-state index in [2.05, 4.69) is 0 Å². The van der Waals surface area contributed by atoms with Gasteiger partial charge in [-0.05, 0) is 6.92 Å². The van der Waals surface area contributed by atoms with E-state index >= 15 is 0 Å². The van der Waals surface area contributed by atoms with Crippen molar-refractivity contribution in [3.05, 3.63) is 17.6 Å². The van der Waals surface area contributed by atoms with Gasteiger partial charge in [0.15, 0.2) is 5.76 Å². The van der Waals surface area contributed by atoms with Crippen LogP contribution < -0.4 is 0 Å². The first-order valence-electron chi connectivity index (χ1n) is 6.07. The predicted molar refractivity (Wildman–Crippen MR) is 73.5 cm³/mol. The van der Waals surface area contributed by atoms with Crippen molar-refractivity contribution >= 4 is 21.9 Å². The molecular formula is C12H18N2O6S. The molecule has 0 aliphatic heterocycles. The van der Waals surface area contributed by atoms with Crippen LogP contribution in [0.1, 0.15) is 22.7 Å². The molecule has 118 valence electrons. The Bertz CT molecular complexity index is 647. The Morgan fingerprint density at radius 3 is 2.33 bits per heavy atom. The molecular weight excluding hydrogens is 300 g/mol. The Morgan fingerprint density at radius 1 is 1.29 bits per heavy atom. The van der Waals surface area contributed by atoms with E-state index in [-0.39, 0.29) is 29.4 Å². The number of hydrogen-bond donors (Lipinski definition) is 1. The third kappa shape index (κ3) is 3.82. The first-order valence-corrected chi connectivity index (χ1v) is 7.51. The highest BCUT2D eigenvalue weighted by molar-refractivity contribution is 7.89. The van der Waals surface area contributed by atoms with E-state index in [1.807, 2.05) is 0 Å².